The maximum atomic E-state index is 12.0. The Morgan fingerprint density at radius 2 is 1.68 bits per heavy atom. The van der Waals surface area contributed by atoms with Gasteiger partial charge in [0.1, 0.15) is 5.54 Å². The molecule has 0 radical (unpaired) electrons. The van der Waals surface area contributed by atoms with Crippen LogP contribution in [0.4, 0.5) is 0 Å². The van der Waals surface area contributed by atoms with Gasteiger partial charge in [-0.2, -0.15) is 0 Å². The van der Waals surface area contributed by atoms with Crippen molar-refractivity contribution in [2.45, 2.75) is 19.4 Å². The number of carbonyl (C=O) groups is 1. The summed E-state index contributed by atoms with van der Waals surface area (Å²) in [5.74, 6) is -0.549. The van der Waals surface area contributed by atoms with E-state index < -0.39 is 11.4 Å². The molecule has 1 unspecified atom stereocenters. The molecule has 0 fully saturated rings. The van der Waals surface area contributed by atoms with E-state index in [-0.39, 0.29) is 0 Å². The monoisotopic (exact) mass is 254 g/mol. The van der Waals surface area contributed by atoms with Crippen LogP contribution in [-0.4, -0.2) is 5.91 Å². The summed E-state index contributed by atoms with van der Waals surface area (Å²) in [4.78, 5) is 12.0. The Hall–Kier alpha value is -2.13. The Labute approximate surface area is 113 Å². The molecule has 0 aliphatic rings. The Bertz CT molecular complexity index is 607. The number of benzene rings is 2. The minimum absolute atomic E-state index is 0.549. The van der Waals surface area contributed by atoms with Gasteiger partial charge in [-0.25, -0.2) is 0 Å². The summed E-state index contributed by atoms with van der Waals surface area (Å²) in [6.07, 6.45) is 0. The molecule has 0 aliphatic heterocycles. The van der Waals surface area contributed by atoms with Crippen molar-refractivity contribution in [2.75, 3.05) is 0 Å². The first-order chi connectivity index (χ1) is 8.96. The highest BCUT2D eigenvalue weighted by Crippen LogP contribution is 2.29. The standard InChI is InChI=1S/C16H18N2O/c1-11-8-9-12(2)14(10-11)16(18,15(17)19)13-6-4-3-5-7-13/h3-10H,18H2,1-2H3,(H2,17,19). The van der Waals surface area contributed by atoms with Crippen LogP contribution in [0.15, 0.2) is 48.5 Å². The molecule has 0 saturated carbocycles. The largest absolute Gasteiger partial charge is 0.367 e. The van der Waals surface area contributed by atoms with Crippen LogP contribution in [-0.2, 0) is 10.3 Å². The molecule has 2 rings (SSSR count). The SMILES string of the molecule is Cc1ccc(C)c(C(N)(C(N)=O)c2ccccc2)c1. The Morgan fingerprint density at radius 3 is 2.26 bits per heavy atom. The first-order valence-electron chi connectivity index (χ1n) is 6.18. The van der Waals surface area contributed by atoms with Crippen LogP contribution in [0.2, 0.25) is 0 Å². The molecule has 0 saturated heterocycles. The maximum absolute atomic E-state index is 12.0. The predicted molar refractivity (Wildman–Crippen MR) is 76.5 cm³/mol. The molecule has 1 amide bonds. The Kier molecular flexibility index (Phi) is 3.40. The van der Waals surface area contributed by atoms with Gasteiger partial charge in [0.2, 0.25) is 5.91 Å². The number of hydrogen-bond donors (Lipinski definition) is 2. The highest BCUT2D eigenvalue weighted by Gasteiger charge is 2.37. The van der Waals surface area contributed by atoms with E-state index in [1.807, 2.05) is 62.4 Å². The number of carbonyl (C=O) groups excluding carboxylic acids is 1. The molecule has 4 N–H and O–H groups in total. The molecule has 2 aromatic carbocycles. The predicted octanol–water partition coefficient (Wildman–Crippen LogP) is 1.99. The molecule has 0 aromatic heterocycles. The van der Waals surface area contributed by atoms with Crippen LogP contribution in [0.25, 0.3) is 0 Å². The third-order valence-electron chi connectivity index (χ3n) is 3.44. The number of amides is 1. The van der Waals surface area contributed by atoms with Gasteiger partial charge in [0.05, 0.1) is 0 Å². The van der Waals surface area contributed by atoms with Crippen LogP contribution < -0.4 is 11.5 Å². The second-order valence-corrected chi connectivity index (χ2v) is 4.86. The van der Waals surface area contributed by atoms with E-state index in [0.717, 1.165) is 16.7 Å². The summed E-state index contributed by atoms with van der Waals surface area (Å²) < 4.78 is 0. The van der Waals surface area contributed by atoms with Crippen molar-refractivity contribution in [1.29, 1.82) is 0 Å². The van der Waals surface area contributed by atoms with Gasteiger partial charge in [0.15, 0.2) is 0 Å². The summed E-state index contributed by atoms with van der Waals surface area (Å²) in [6, 6.07) is 15.1. The molecule has 0 heterocycles. The second-order valence-electron chi connectivity index (χ2n) is 4.86. The summed E-state index contributed by atoms with van der Waals surface area (Å²) in [5, 5.41) is 0. The molecule has 98 valence electrons. The number of aryl methyl sites for hydroxylation is 2. The number of hydrogen-bond acceptors (Lipinski definition) is 2. The van der Waals surface area contributed by atoms with Crippen molar-refractivity contribution in [1.82, 2.24) is 0 Å². The van der Waals surface area contributed by atoms with E-state index in [9.17, 15) is 4.79 Å². The van der Waals surface area contributed by atoms with Gasteiger partial charge in [-0.3, -0.25) is 4.79 Å². The van der Waals surface area contributed by atoms with Crippen molar-refractivity contribution < 1.29 is 4.79 Å². The second kappa shape index (κ2) is 4.86. The van der Waals surface area contributed by atoms with Crippen molar-refractivity contribution in [2.24, 2.45) is 11.5 Å². The highest BCUT2D eigenvalue weighted by atomic mass is 16.1. The molecule has 1 atom stereocenters. The van der Waals surface area contributed by atoms with Crippen molar-refractivity contribution in [3.63, 3.8) is 0 Å². The van der Waals surface area contributed by atoms with Crippen molar-refractivity contribution in [3.8, 4) is 0 Å². The average molecular weight is 254 g/mol. The molecular formula is C16H18N2O. The number of primary amides is 1. The van der Waals surface area contributed by atoms with Crippen molar-refractivity contribution >= 4 is 5.91 Å². The minimum atomic E-state index is -1.29. The molecule has 3 heteroatoms. The van der Waals surface area contributed by atoms with E-state index in [2.05, 4.69) is 0 Å². The van der Waals surface area contributed by atoms with Gasteiger partial charge in [-0.05, 0) is 30.5 Å². The van der Waals surface area contributed by atoms with Gasteiger partial charge in [-0.1, -0.05) is 54.1 Å². The topological polar surface area (TPSA) is 69.1 Å². The minimum Gasteiger partial charge on any atom is -0.367 e. The fraction of sp³-hybridized carbons (Fsp3) is 0.188. The Balaban J connectivity index is 2.70. The molecule has 3 nitrogen and oxygen atoms in total. The summed E-state index contributed by atoms with van der Waals surface area (Å²) in [5.41, 5.74) is 14.1. The highest BCUT2D eigenvalue weighted by molar-refractivity contribution is 5.90. The molecule has 0 bridgehead atoms. The number of rotatable bonds is 3. The quantitative estimate of drug-likeness (QED) is 0.879. The van der Waals surface area contributed by atoms with Gasteiger partial charge >= 0.3 is 0 Å². The smallest absolute Gasteiger partial charge is 0.246 e. The fourth-order valence-corrected chi connectivity index (χ4v) is 2.29. The first kappa shape index (κ1) is 13.3. The number of nitrogens with two attached hydrogens (primary N) is 2. The van der Waals surface area contributed by atoms with Crippen LogP contribution in [0.3, 0.4) is 0 Å². The maximum Gasteiger partial charge on any atom is 0.246 e. The zero-order valence-electron chi connectivity index (χ0n) is 11.2. The lowest BCUT2D eigenvalue weighted by Gasteiger charge is -2.29. The van der Waals surface area contributed by atoms with Gasteiger partial charge in [0, 0.05) is 0 Å². The van der Waals surface area contributed by atoms with E-state index in [0.29, 0.717) is 5.56 Å². The van der Waals surface area contributed by atoms with Crippen molar-refractivity contribution in [3.05, 3.63) is 70.8 Å². The molecule has 19 heavy (non-hydrogen) atoms. The zero-order valence-corrected chi connectivity index (χ0v) is 11.2. The summed E-state index contributed by atoms with van der Waals surface area (Å²) >= 11 is 0. The Morgan fingerprint density at radius 1 is 1.05 bits per heavy atom. The van der Waals surface area contributed by atoms with E-state index in [4.69, 9.17) is 11.5 Å². The van der Waals surface area contributed by atoms with E-state index >= 15 is 0 Å². The van der Waals surface area contributed by atoms with Crippen LogP contribution >= 0.6 is 0 Å². The molecular weight excluding hydrogens is 236 g/mol. The van der Waals surface area contributed by atoms with Crippen LogP contribution in [0, 0.1) is 13.8 Å². The molecule has 2 aromatic rings. The van der Waals surface area contributed by atoms with Gasteiger partial charge in [-0.15, -0.1) is 0 Å². The lowest BCUT2D eigenvalue weighted by molar-refractivity contribution is -0.122. The average Bonchev–Trinajstić information content (AvgIpc) is 2.41. The third-order valence-corrected chi connectivity index (χ3v) is 3.44. The lowest BCUT2D eigenvalue weighted by Crippen LogP contribution is -2.50. The van der Waals surface area contributed by atoms with Crippen LogP contribution in [0.1, 0.15) is 22.3 Å². The third kappa shape index (κ3) is 2.25. The summed E-state index contributed by atoms with van der Waals surface area (Å²) in [7, 11) is 0. The molecule has 0 aliphatic carbocycles. The van der Waals surface area contributed by atoms with E-state index in [1.165, 1.54) is 0 Å². The lowest BCUT2D eigenvalue weighted by atomic mass is 9.80. The summed E-state index contributed by atoms with van der Waals surface area (Å²) in [6.45, 7) is 3.90. The fourth-order valence-electron chi connectivity index (χ4n) is 2.29. The van der Waals surface area contributed by atoms with E-state index in [1.54, 1.807) is 0 Å². The first-order valence-corrected chi connectivity index (χ1v) is 6.18. The molecule has 0 spiro atoms. The van der Waals surface area contributed by atoms with Gasteiger partial charge < -0.3 is 11.5 Å². The van der Waals surface area contributed by atoms with Crippen LogP contribution in [0.5, 0.6) is 0 Å². The van der Waals surface area contributed by atoms with Gasteiger partial charge in [0.25, 0.3) is 0 Å². The zero-order chi connectivity index (χ0) is 14.0. The normalized spacial score (nSPS) is 13.8.